The van der Waals surface area contributed by atoms with Crippen molar-refractivity contribution >= 4 is 11.8 Å². The number of benzene rings is 1. The molecule has 0 radical (unpaired) electrons. The van der Waals surface area contributed by atoms with Crippen LogP contribution in [0.2, 0.25) is 0 Å². The monoisotopic (exact) mass is 387 g/mol. The van der Waals surface area contributed by atoms with Crippen molar-refractivity contribution in [3.63, 3.8) is 0 Å². The first-order valence-corrected chi connectivity index (χ1v) is 9.43. The third-order valence-electron chi connectivity index (χ3n) is 4.26. The summed E-state index contributed by atoms with van der Waals surface area (Å²) in [6.45, 7) is 3.36. The Balaban J connectivity index is 1.40. The molecule has 0 unspecified atom stereocenters. The van der Waals surface area contributed by atoms with E-state index in [1.54, 1.807) is 17.1 Å². The van der Waals surface area contributed by atoms with Gasteiger partial charge < -0.3 is 10.6 Å². The lowest BCUT2D eigenvalue weighted by Crippen LogP contribution is -2.17. The molecule has 0 bridgehead atoms. The molecule has 9 heteroatoms. The van der Waals surface area contributed by atoms with Crippen molar-refractivity contribution < 1.29 is 0 Å². The number of rotatable bonds is 8. The average Bonchev–Trinajstić information content (AvgIpc) is 3.26. The highest BCUT2D eigenvalue weighted by atomic mass is 15.6. The van der Waals surface area contributed by atoms with Gasteiger partial charge in [-0.2, -0.15) is 4.68 Å². The van der Waals surface area contributed by atoms with Crippen molar-refractivity contribution in [2.24, 2.45) is 0 Å². The van der Waals surface area contributed by atoms with E-state index in [1.807, 2.05) is 48.5 Å². The zero-order chi connectivity index (χ0) is 19.9. The lowest BCUT2D eigenvalue weighted by Gasteiger charge is -2.10. The number of nitrogens with one attached hydrogen (secondary N) is 2. The Kier molecular flexibility index (Phi) is 5.65. The normalized spacial score (nSPS) is 10.7. The van der Waals surface area contributed by atoms with Crippen molar-refractivity contribution in [2.75, 3.05) is 23.7 Å². The summed E-state index contributed by atoms with van der Waals surface area (Å²) in [4.78, 5) is 13.3. The molecule has 0 spiro atoms. The number of hydrogen-bond acceptors (Lipinski definition) is 8. The van der Waals surface area contributed by atoms with Crippen LogP contribution in [0.3, 0.4) is 0 Å². The molecule has 29 heavy (non-hydrogen) atoms. The van der Waals surface area contributed by atoms with Gasteiger partial charge in [-0.15, -0.1) is 0 Å². The number of aryl methyl sites for hydroxylation is 1. The molecule has 0 aliphatic rings. The van der Waals surface area contributed by atoms with Crippen LogP contribution >= 0.6 is 0 Å². The molecule has 3 aromatic heterocycles. The third kappa shape index (κ3) is 4.52. The summed E-state index contributed by atoms with van der Waals surface area (Å²) < 4.78 is 1.67. The number of hydrogen-bond donors (Lipinski definition) is 2. The molecule has 0 aliphatic carbocycles. The molecule has 1 aromatic carbocycles. The quantitative estimate of drug-likeness (QED) is 0.444. The van der Waals surface area contributed by atoms with Gasteiger partial charge in [0.2, 0.25) is 5.95 Å². The van der Waals surface area contributed by atoms with Crippen molar-refractivity contribution in [3.05, 3.63) is 66.6 Å². The van der Waals surface area contributed by atoms with Crippen LogP contribution in [-0.4, -0.2) is 48.2 Å². The molecule has 0 aliphatic heterocycles. The highest BCUT2D eigenvalue weighted by Crippen LogP contribution is 2.17. The van der Waals surface area contributed by atoms with Crippen molar-refractivity contribution in [1.29, 1.82) is 0 Å². The second-order valence-electron chi connectivity index (χ2n) is 6.26. The minimum absolute atomic E-state index is 0.590. The second-order valence-corrected chi connectivity index (χ2v) is 6.26. The van der Waals surface area contributed by atoms with Crippen LogP contribution in [0, 0.1) is 0 Å². The molecular formula is C20H21N9. The van der Waals surface area contributed by atoms with E-state index >= 15 is 0 Å². The number of anilines is 2. The SMILES string of the molecule is CCc1cc(NCCNc2nnnn2-c2ccccc2)nc(-c2ccncc2)n1. The van der Waals surface area contributed by atoms with Crippen molar-refractivity contribution in [2.45, 2.75) is 13.3 Å². The zero-order valence-corrected chi connectivity index (χ0v) is 16.0. The predicted molar refractivity (Wildman–Crippen MR) is 111 cm³/mol. The fraction of sp³-hybridized carbons (Fsp3) is 0.200. The maximum absolute atomic E-state index is 4.63. The van der Waals surface area contributed by atoms with Gasteiger partial charge in [0.1, 0.15) is 5.82 Å². The summed E-state index contributed by atoms with van der Waals surface area (Å²) in [7, 11) is 0. The van der Waals surface area contributed by atoms with Crippen LogP contribution in [0.25, 0.3) is 17.1 Å². The maximum Gasteiger partial charge on any atom is 0.247 e. The van der Waals surface area contributed by atoms with Crippen LogP contribution in [0.15, 0.2) is 60.9 Å². The van der Waals surface area contributed by atoms with Gasteiger partial charge in [-0.1, -0.05) is 30.2 Å². The molecule has 146 valence electrons. The lowest BCUT2D eigenvalue weighted by molar-refractivity contribution is 0.789. The molecule has 2 N–H and O–H groups in total. The summed E-state index contributed by atoms with van der Waals surface area (Å²) in [6.07, 6.45) is 4.32. The highest BCUT2D eigenvalue weighted by Gasteiger charge is 2.08. The fourth-order valence-corrected chi connectivity index (χ4v) is 2.80. The predicted octanol–water partition coefficient (Wildman–Crippen LogP) is 2.60. The van der Waals surface area contributed by atoms with Gasteiger partial charge in [0.05, 0.1) is 5.69 Å². The Morgan fingerprint density at radius 3 is 2.52 bits per heavy atom. The topological polar surface area (TPSA) is 106 Å². The number of aromatic nitrogens is 7. The summed E-state index contributed by atoms with van der Waals surface area (Å²) in [6, 6.07) is 15.5. The molecule has 0 amide bonds. The summed E-state index contributed by atoms with van der Waals surface area (Å²) in [5.41, 5.74) is 2.83. The fourth-order valence-electron chi connectivity index (χ4n) is 2.80. The number of para-hydroxylation sites is 1. The van der Waals surface area contributed by atoms with Crippen LogP contribution in [0.1, 0.15) is 12.6 Å². The van der Waals surface area contributed by atoms with Crippen LogP contribution in [-0.2, 0) is 6.42 Å². The molecule has 0 atom stereocenters. The Morgan fingerprint density at radius 2 is 1.72 bits per heavy atom. The zero-order valence-electron chi connectivity index (χ0n) is 16.0. The molecular weight excluding hydrogens is 366 g/mol. The van der Waals surface area contributed by atoms with Gasteiger partial charge >= 0.3 is 0 Å². The van der Waals surface area contributed by atoms with E-state index in [9.17, 15) is 0 Å². The van der Waals surface area contributed by atoms with E-state index in [0.717, 1.165) is 29.2 Å². The van der Waals surface area contributed by atoms with Gasteiger partial charge in [0, 0.05) is 42.8 Å². The summed E-state index contributed by atoms with van der Waals surface area (Å²) in [5, 5.41) is 18.4. The van der Waals surface area contributed by atoms with Crippen LogP contribution in [0.4, 0.5) is 11.8 Å². The largest absolute Gasteiger partial charge is 0.368 e. The van der Waals surface area contributed by atoms with E-state index in [-0.39, 0.29) is 0 Å². The standard InChI is InChI=1S/C20H21N9/c1-2-16-14-18(25-19(24-16)15-8-10-21-11-9-15)22-12-13-23-20-26-27-28-29(20)17-6-4-3-5-7-17/h3-11,14H,2,12-13H2,1H3,(H,22,24,25)(H,23,26,28). The molecule has 3 heterocycles. The van der Waals surface area contributed by atoms with E-state index in [0.29, 0.717) is 24.9 Å². The first kappa shape index (κ1) is 18.5. The highest BCUT2D eigenvalue weighted by molar-refractivity contribution is 5.56. The molecule has 0 saturated heterocycles. The number of tetrazole rings is 1. The van der Waals surface area contributed by atoms with Gasteiger partial charge in [-0.25, -0.2) is 9.97 Å². The Bertz CT molecular complexity index is 1050. The lowest BCUT2D eigenvalue weighted by atomic mass is 10.2. The summed E-state index contributed by atoms with van der Waals surface area (Å²) in [5.74, 6) is 2.07. The van der Waals surface area contributed by atoms with E-state index < -0.39 is 0 Å². The van der Waals surface area contributed by atoms with Gasteiger partial charge in [-0.05, 0) is 41.1 Å². The minimum Gasteiger partial charge on any atom is -0.368 e. The third-order valence-corrected chi connectivity index (χ3v) is 4.26. The first-order valence-electron chi connectivity index (χ1n) is 9.43. The number of pyridine rings is 1. The smallest absolute Gasteiger partial charge is 0.247 e. The second kappa shape index (κ2) is 8.87. The Morgan fingerprint density at radius 1 is 0.931 bits per heavy atom. The maximum atomic E-state index is 4.63. The van der Waals surface area contributed by atoms with Crippen LogP contribution < -0.4 is 10.6 Å². The molecule has 0 fully saturated rings. The van der Waals surface area contributed by atoms with Crippen molar-refractivity contribution in [1.82, 2.24) is 35.2 Å². The molecule has 9 nitrogen and oxygen atoms in total. The van der Waals surface area contributed by atoms with E-state index in [1.165, 1.54) is 0 Å². The average molecular weight is 387 g/mol. The number of nitrogens with zero attached hydrogens (tertiary/aromatic N) is 7. The molecule has 4 rings (SSSR count). The van der Waals surface area contributed by atoms with Gasteiger partial charge in [-0.3, -0.25) is 4.98 Å². The molecule has 0 saturated carbocycles. The Labute approximate surface area is 168 Å². The van der Waals surface area contributed by atoms with Gasteiger partial charge in [0.25, 0.3) is 0 Å². The first-order chi connectivity index (χ1) is 14.3. The van der Waals surface area contributed by atoms with E-state index in [2.05, 4.69) is 48.0 Å². The minimum atomic E-state index is 0.590. The van der Waals surface area contributed by atoms with E-state index in [4.69, 9.17) is 0 Å². The van der Waals surface area contributed by atoms with Gasteiger partial charge in [0.15, 0.2) is 5.82 Å². The van der Waals surface area contributed by atoms with Crippen LogP contribution in [0.5, 0.6) is 0 Å². The summed E-state index contributed by atoms with van der Waals surface area (Å²) >= 11 is 0. The Hall–Kier alpha value is -3.88. The molecule has 4 aromatic rings. The van der Waals surface area contributed by atoms with Crippen molar-refractivity contribution in [3.8, 4) is 17.1 Å².